The van der Waals surface area contributed by atoms with Crippen molar-refractivity contribution in [3.63, 3.8) is 0 Å². The number of rotatable bonds is 6. The maximum absolute atomic E-state index is 13.3. The lowest BCUT2D eigenvalue weighted by molar-refractivity contribution is -0.117. The SMILES string of the molecule is CCNCc1cccc(NC(=O)C(C)c2cccc(F)c2)c1. The molecule has 0 fully saturated rings. The molecule has 1 atom stereocenters. The molecule has 0 heterocycles. The van der Waals surface area contributed by atoms with Crippen LogP contribution in [0.25, 0.3) is 0 Å². The summed E-state index contributed by atoms with van der Waals surface area (Å²) in [5.41, 5.74) is 2.53. The third kappa shape index (κ3) is 4.40. The summed E-state index contributed by atoms with van der Waals surface area (Å²) in [5, 5.41) is 6.13. The summed E-state index contributed by atoms with van der Waals surface area (Å²) in [6.07, 6.45) is 0. The lowest BCUT2D eigenvalue weighted by Gasteiger charge is -2.13. The summed E-state index contributed by atoms with van der Waals surface area (Å²) >= 11 is 0. The van der Waals surface area contributed by atoms with Crippen LogP contribution in [0.4, 0.5) is 10.1 Å². The van der Waals surface area contributed by atoms with E-state index < -0.39 is 5.92 Å². The summed E-state index contributed by atoms with van der Waals surface area (Å²) in [6, 6.07) is 13.9. The van der Waals surface area contributed by atoms with E-state index in [4.69, 9.17) is 0 Å². The molecule has 2 aromatic carbocycles. The Kier molecular flexibility index (Phi) is 5.67. The van der Waals surface area contributed by atoms with Gasteiger partial charge in [-0.2, -0.15) is 0 Å². The normalized spacial score (nSPS) is 12.0. The monoisotopic (exact) mass is 300 g/mol. The number of amides is 1. The molecular weight excluding hydrogens is 279 g/mol. The van der Waals surface area contributed by atoms with E-state index >= 15 is 0 Å². The van der Waals surface area contributed by atoms with E-state index in [0.29, 0.717) is 5.56 Å². The molecule has 1 amide bonds. The fraction of sp³-hybridized carbons (Fsp3) is 0.278. The Balaban J connectivity index is 2.05. The number of anilines is 1. The van der Waals surface area contributed by atoms with E-state index in [2.05, 4.69) is 10.6 Å². The van der Waals surface area contributed by atoms with Gasteiger partial charge >= 0.3 is 0 Å². The van der Waals surface area contributed by atoms with Crippen molar-refractivity contribution in [1.82, 2.24) is 5.32 Å². The fourth-order valence-corrected chi connectivity index (χ4v) is 2.21. The van der Waals surface area contributed by atoms with E-state index in [0.717, 1.165) is 24.3 Å². The molecule has 0 radical (unpaired) electrons. The van der Waals surface area contributed by atoms with Crippen LogP contribution in [0.1, 0.15) is 30.9 Å². The van der Waals surface area contributed by atoms with Crippen molar-refractivity contribution in [3.8, 4) is 0 Å². The molecular formula is C18H21FN2O. The van der Waals surface area contributed by atoms with Gasteiger partial charge in [-0.3, -0.25) is 4.79 Å². The van der Waals surface area contributed by atoms with Crippen molar-refractivity contribution in [2.75, 3.05) is 11.9 Å². The molecule has 2 N–H and O–H groups in total. The lowest BCUT2D eigenvalue weighted by Crippen LogP contribution is -2.19. The van der Waals surface area contributed by atoms with Crippen LogP contribution in [0.2, 0.25) is 0 Å². The quantitative estimate of drug-likeness (QED) is 0.854. The smallest absolute Gasteiger partial charge is 0.231 e. The van der Waals surface area contributed by atoms with Crippen LogP contribution < -0.4 is 10.6 Å². The number of hydrogen-bond acceptors (Lipinski definition) is 2. The standard InChI is InChI=1S/C18H21FN2O/c1-3-20-12-14-6-4-9-17(10-14)21-18(22)13(2)15-7-5-8-16(19)11-15/h4-11,13,20H,3,12H2,1-2H3,(H,21,22). The van der Waals surface area contributed by atoms with Crippen molar-refractivity contribution in [2.24, 2.45) is 0 Å². The van der Waals surface area contributed by atoms with Crippen LogP contribution in [-0.4, -0.2) is 12.5 Å². The van der Waals surface area contributed by atoms with Gasteiger partial charge in [-0.1, -0.05) is 31.2 Å². The maximum Gasteiger partial charge on any atom is 0.231 e. The maximum atomic E-state index is 13.3. The minimum Gasteiger partial charge on any atom is -0.326 e. The summed E-state index contributed by atoms with van der Waals surface area (Å²) in [7, 11) is 0. The second kappa shape index (κ2) is 7.71. The van der Waals surface area contributed by atoms with Gasteiger partial charge in [0.15, 0.2) is 0 Å². The molecule has 2 aromatic rings. The molecule has 3 nitrogen and oxygen atoms in total. The Morgan fingerprint density at radius 1 is 1.18 bits per heavy atom. The Bertz CT molecular complexity index is 642. The van der Waals surface area contributed by atoms with Crippen LogP contribution >= 0.6 is 0 Å². The second-order valence-corrected chi connectivity index (χ2v) is 5.25. The zero-order valence-corrected chi connectivity index (χ0v) is 12.9. The molecule has 0 aliphatic rings. The number of halogens is 1. The van der Waals surface area contributed by atoms with Gasteiger partial charge in [-0.15, -0.1) is 0 Å². The van der Waals surface area contributed by atoms with E-state index in [9.17, 15) is 9.18 Å². The second-order valence-electron chi connectivity index (χ2n) is 5.25. The zero-order valence-electron chi connectivity index (χ0n) is 12.9. The summed E-state index contributed by atoms with van der Waals surface area (Å²) < 4.78 is 13.3. The number of benzene rings is 2. The topological polar surface area (TPSA) is 41.1 Å². The van der Waals surface area contributed by atoms with Gasteiger partial charge in [0.25, 0.3) is 0 Å². The minimum absolute atomic E-state index is 0.147. The number of carbonyl (C=O) groups is 1. The molecule has 0 aliphatic heterocycles. The first kappa shape index (κ1) is 16.2. The molecule has 22 heavy (non-hydrogen) atoms. The van der Waals surface area contributed by atoms with Gasteiger partial charge < -0.3 is 10.6 Å². The van der Waals surface area contributed by atoms with E-state index in [1.54, 1.807) is 19.1 Å². The molecule has 0 aromatic heterocycles. The van der Waals surface area contributed by atoms with Gasteiger partial charge in [0.2, 0.25) is 5.91 Å². The van der Waals surface area contributed by atoms with Crippen LogP contribution in [0.3, 0.4) is 0 Å². The van der Waals surface area contributed by atoms with Gasteiger partial charge in [0.1, 0.15) is 5.82 Å². The molecule has 4 heteroatoms. The summed E-state index contributed by atoms with van der Waals surface area (Å²) in [5.74, 6) is -0.885. The minimum atomic E-state index is -0.409. The van der Waals surface area contributed by atoms with Gasteiger partial charge in [-0.05, 0) is 48.9 Å². The van der Waals surface area contributed by atoms with Crippen molar-refractivity contribution in [1.29, 1.82) is 0 Å². The van der Waals surface area contributed by atoms with Crippen LogP contribution in [0.15, 0.2) is 48.5 Å². The lowest BCUT2D eigenvalue weighted by atomic mass is 10.00. The average Bonchev–Trinajstić information content (AvgIpc) is 2.52. The molecule has 0 bridgehead atoms. The Hall–Kier alpha value is -2.20. The van der Waals surface area contributed by atoms with Crippen LogP contribution in [0.5, 0.6) is 0 Å². The third-order valence-electron chi connectivity index (χ3n) is 3.52. The molecule has 116 valence electrons. The van der Waals surface area contributed by atoms with Crippen LogP contribution in [0, 0.1) is 5.82 Å². The van der Waals surface area contributed by atoms with Crippen molar-refractivity contribution in [3.05, 3.63) is 65.5 Å². The number of hydrogen-bond donors (Lipinski definition) is 2. The predicted octanol–water partition coefficient (Wildman–Crippen LogP) is 3.68. The number of carbonyl (C=O) groups excluding carboxylic acids is 1. The van der Waals surface area contributed by atoms with Crippen molar-refractivity contribution < 1.29 is 9.18 Å². The highest BCUT2D eigenvalue weighted by atomic mass is 19.1. The van der Waals surface area contributed by atoms with E-state index in [-0.39, 0.29) is 11.7 Å². The van der Waals surface area contributed by atoms with Gasteiger partial charge in [0, 0.05) is 12.2 Å². The van der Waals surface area contributed by atoms with E-state index in [1.807, 2.05) is 31.2 Å². The molecule has 0 spiro atoms. The first-order valence-corrected chi connectivity index (χ1v) is 7.46. The Morgan fingerprint density at radius 2 is 1.95 bits per heavy atom. The predicted molar refractivity (Wildman–Crippen MR) is 87.3 cm³/mol. The van der Waals surface area contributed by atoms with Crippen molar-refractivity contribution in [2.45, 2.75) is 26.3 Å². The van der Waals surface area contributed by atoms with Crippen molar-refractivity contribution >= 4 is 11.6 Å². The van der Waals surface area contributed by atoms with Gasteiger partial charge in [-0.25, -0.2) is 4.39 Å². The fourth-order valence-electron chi connectivity index (χ4n) is 2.21. The van der Waals surface area contributed by atoms with Gasteiger partial charge in [0.05, 0.1) is 5.92 Å². The zero-order chi connectivity index (χ0) is 15.9. The largest absolute Gasteiger partial charge is 0.326 e. The van der Waals surface area contributed by atoms with E-state index in [1.165, 1.54) is 12.1 Å². The first-order chi connectivity index (χ1) is 10.6. The highest BCUT2D eigenvalue weighted by molar-refractivity contribution is 5.95. The highest BCUT2D eigenvalue weighted by Crippen LogP contribution is 2.19. The molecule has 1 unspecified atom stereocenters. The Labute approximate surface area is 130 Å². The molecule has 0 aliphatic carbocycles. The number of nitrogens with one attached hydrogen (secondary N) is 2. The first-order valence-electron chi connectivity index (χ1n) is 7.46. The van der Waals surface area contributed by atoms with Crippen LogP contribution in [-0.2, 0) is 11.3 Å². The Morgan fingerprint density at radius 3 is 2.68 bits per heavy atom. The molecule has 0 saturated carbocycles. The highest BCUT2D eigenvalue weighted by Gasteiger charge is 2.15. The summed E-state index contributed by atoms with van der Waals surface area (Å²) in [6.45, 7) is 5.48. The molecule has 0 saturated heterocycles. The third-order valence-corrected chi connectivity index (χ3v) is 3.52. The average molecular weight is 300 g/mol. The molecule has 2 rings (SSSR count). The summed E-state index contributed by atoms with van der Waals surface area (Å²) in [4.78, 5) is 12.3.